The van der Waals surface area contributed by atoms with Crippen molar-refractivity contribution >= 4 is 11.7 Å². The molecule has 7 heteroatoms. The van der Waals surface area contributed by atoms with E-state index in [1.165, 1.54) is 28.9 Å². The lowest BCUT2D eigenvalue weighted by molar-refractivity contribution is -0.384. The normalized spacial score (nSPS) is 10.5. The van der Waals surface area contributed by atoms with Crippen molar-refractivity contribution in [3.63, 3.8) is 0 Å². The van der Waals surface area contributed by atoms with Crippen LogP contribution in [0, 0.1) is 10.1 Å². The first-order valence-corrected chi connectivity index (χ1v) is 8.79. The van der Waals surface area contributed by atoms with Gasteiger partial charge in [-0.15, -0.1) is 0 Å². The van der Waals surface area contributed by atoms with Crippen LogP contribution in [0.1, 0.15) is 10.4 Å². The van der Waals surface area contributed by atoms with E-state index in [0.29, 0.717) is 5.69 Å². The molecule has 3 aromatic carbocycles. The zero-order chi connectivity index (χ0) is 20.2. The predicted octanol–water partition coefficient (Wildman–Crippen LogP) is 4.67. The van der Waals surface area contributed by atoms with Crippen LogP contribution in [0.5, 0.6) is 5.88 Å². The Morgan fingerprint density at radius 3 is 2.28 bits per heavy atom. The molecule has 0 aliphatic heterocycles. The van der Waals surface area contributed by atoms with Gasteiger partial charge in [0, 0.05) is 23.8 Å². The standard InChI is InChI=1S/C22H15N3O4/c26-22(17-10-7-13-19(14-17)25(27)28)29-21-15-20(16-8-3-1-4-9-16)23-24(21)18-11-5-2-6-12-18/h1-15H. The molecular formula is C22H15N3O4. The van der Waals surface area contributed by atoms with Crippen LogP contribution in [0.25, 0.3) is 16.9 Å². The molecule has 0 N–H and O–H groups in total. The summed E-state index contributed by atoms with van der Waals surface area (Å²) in [4.78, 5) is 23.0. The van der Waals surface area contributed by atoms with Crippen LogP contribution < -0.4 is 4.74 Å². The van der Waals surface area contributed by atoms with Gasteiger partial charge in [0.25, 0.3) is 5.69 Å². The molecule has 142 valence electrons. The third-order valence-electron chi connectivity index (χ3n) is 4.24. The van der Waals surface area contributed by atoms with Crippen LogP contribution in [0.2, 0.25) is 0 Å². The Morgan fingerprint density at radius 2 is 1.59 bits per heavy atom. The first-order valence-electron chi connectivity index (χ1n) is 8.79. The summed E-state index contributed by atoms with van der Waals surface area (Å²) in [7, 11) is 0. The van der Waals surface area contributed by atoms with Crippen LogP contribution in [-0.2, 0) is 0 Å². The second-order valence-electron chi connectivity index (χ2n) is 6.18. The molecule has 0 bridgehead atoms. The quantitative estimate of drug-likeness (QED) is 0.283. The van der Waals surface area contributed by atoms with Crippen molar-refractivity contribution in [1.29, 1.82) is 0 Å². The highest BCUT2D eigenvalue weighted by molar-refractivity contribution is 5.91. The number of non-ortho nitro benzene ring substituents is 1. The number of nitrogens with zero attached hydrogens (tertiary/aromatic N) is 3. The lowest BCUT2D eigenvalue weighted by Crippen LogP contribution is -2.12. The van der Waals surface area contributed by atoms with Crippen molar-refractivity contribution < 1.29 is 14.5 Å². The number of carbonyl (C=O) groups excluding carboxylic acids is 1. The fraction of sp³-hybridized carbons (Fsp3) is 0. The largest absolute Gasteiger partial charge is 0.404 e. The topological polar surface area (TPSA) is 87.3 Å². The highest BCUT2D eigenvalue weighted by Gasteiger charge is 2.18. The summed E-state index contributed by atoms with van der Waals surface area (Å²) < 4.78 is 7.09. The van der Waals surface area contributed by atoms with Crippen molar-refractivity contribution in [2.45, 2.75) is 0 Å². The molecule has 4 rings (SSSR count). The van der Waals surface area contributed by atoms with E-state index in [-0.39, 0.29) is 17.1 Å². The molecule has 0 aliphatic carbocycles. The van der Waals surface area contributed by atoms with Crippen molar-refractivity contribution in [3.8, 4) is 22.8 Å². The summed E-state index contributed by atoms with van der Waals surface area (Å²) in [6.45, 7) is 0. The van der Waals surface area contributed by atoms with Crippen molar-refractivity contribution in [1.82, 2.24) is 9.78 Å². The summed E-state index contributed by atoms with van der Waals surface area (Å²) in [5, 5.41) is 15.5. The van der Waals surface area contributed by atoms with E-state index in [0.717, 1.165) is 11.3 Å². The molecule has 0 radical (unpaired) electrons. The van der Waals surface area contributed by atoms with E-state index in [1.54, 1.807) is 6.07 Å². The maximum absolute atomic E-state index is 12.6. The van der Waals surface area contributed by atoms with Crippen molar-refractivity contribution in [3.05, 3.63) is 107 Å². The first-order chi connectivity index (χ1) is 14.1. The molecule has 0 aliphatic rings. The van der Waals surface area contributed by atoms with E-state index in [9.17, 15) is 14.9 Å². The minimum Gasteiger partial charge on any atom is -0.404 e. The van der Waals surface area contributed by atoms with Gasteiger partial charge >= 0.3 is 5.97 Å². The zero-order valence-electron chi connectivity index (χ0n) is 15.1. The Balaban J connectivity index is 1.72. The van der Waals surface area contributed by atoms with Gasteiger partial charge in [-0.25, -0.2) is 9.48 Å². The maximum Gasteiger partial charge on any atom is 0.345 e. The zero-order valence-corrected chi connectivity index (χ0v) is 15.1. The Morgan fingerprint density at radius 1 is 0.897 bits per heavy atom. The van der Waals surface area contributed by atoms with E-state index in [1.807, 2.05) is 60.7 Å². The molecule has 0 saturated heterocycles. The lowest BCUT2D eigenvalue weighted by Gasteiger charge is -2.07. The first kappa shape index (κ1) is 18.1. The second kappa shape index (κ2) is 7.77. The minimum atomic E-state index is -0.703. The Labute approximate surface area is 166 Å². The molecule has 4 aromatic rings. The summed E-state index contributed by atoms with van der Waals surface area (Å²) in [6.07, 6.45) is 0. The minimum absolute atomic E-state index is 0.0845. The highest BCUT2D eigenvalue weighted by atomic mass is 16.6. The van der Waals surface area contributed by atoms with Gasteiger partial charge < -0.3 is 4.74 Å². The highest BCUT2D eigenvalue weighted by Crippen LogP contribution is 2.27. The lowest BCUT2D eigenvalue weighted by atomic mass is 10.2. The third kappa shape index (κ3) is 3.89. The second-order valence-corrected chi connectivity index (χ2v) is 6.18. The van der Waals surface area contributed by atoms with Gasteiger partial charge in [-0.3, -0.25) is 10.1 Å². The number of ether oxygens (including phenoxy) is 1. The molecular weight excluding hydrogens is 370 g/mol. The average Bonchev–Trinajstić information content (AvgIpc) is 3.19. The number of hydrogen-bond acceptors (Lipinski definition) is 5. The number of nitro benzene ring substituents is 1. The number of esters is 1. The monoisotopic (exact) mass is 385 g/mol. The van der Waals surface area contributed by atoms with Gasteiger partial charge in [0.2, 0.25) is 5.88 Å². The summed E-state index contributed by atoms with van der Waals surface area (Å²) >= 11 is 0. The smallest absolute Gasteiger partial charge is 0.345 e. The van der Waals surface area contributed by atoms with Crippen molar-refractivity contribution in [2.75, 3.05) is 0 Å². The molecule has 7 nitrogen and oxygen atoms in total. The number of carbonyl (C=O) groups is 1. The SMILES string of the molecule is O=C(Oc1cc(-c2ccccc2)nn1-c1ccccc1)c1cccc([N+](=O)[O-])c1. The Hall–Kier alpha value is -4.26. The maximum atomic E-state index is 12.6. The van der Waals surface area contributed by atoms with E-state index in [4.69, 9.17) is 4.74 Å². The Bertz CT molecular complexity index is 1170. The van der Waals surface area contributed by atoms with Gasteiger partial charge in [-0.05, 0) is 18.2 Å². The molecule has 0 saturated carbocycles. The number of rotatable bonds is 5. The number of para-hydroxylation sites is 1. The molecule has 1 heterocycles. The van der Waals surface area contributed by atoms with E-state index < -0.39 is 10.9 Å². The predicted molar refractivity (Wildman–Crippen MR) is 107 cm³/mol. The number of benzene rings is 3. The number of aromatic nitrogens is 2. The molecule has 0 amide bonds. The molecule has 0 fully saturated rings. The summed E-state index contributed by atoms with van der Waals surface area (Å²) in [6, 6.07) is 25.8. The molecule has 0 unspecified atom stereocenters. The van der Waals surface area contributed by atoms with Crippen molar-refractivity contribution in [2.24, 2.45) is 0 Å². The fourth-order valence-electron chi connectivity index (χ4n) is 2.84. The van der Waals surface area contributed by atoms with E-state index >= 15 is 0 Å². The summed E-state index contributed by atoms with van der Waals surface area (Å²) in [5.74, 6) is -0.489. The average molecular weight is 385 g/mol. The van der Waals surface area contributed by atoms with Gasteiger partial charge in [0.05, 0.1) is 21.9 Å². The number of nitro groups is 1. The van der Waals surface area contributed by atoms with Crippen LogP contribution in [-0.4, -0.2) is 20.7 Å². The molecule has 0 spiro atoms. The van der Waals surface area contributed by atoms with Gasteiger partial charge in [0.15, 0.2) is 0 Å². The third-order valence-corrected chi connectivity index (χ3v) is 4.24. The molecule has 29 heavy (non-hydrogen) atoms. The van der Waals surface area contributed by atoms with Crippen LogP contribution in [0.15, 0.2) is 91.0 Å². The molecule has 1 aromatic heterocycles. The fourth-order valence-corrected chi connectivity index (χ4v) is 2.84. The Kier molecular flexibility index (Phi) is 4.86. The van der Waals surface area contributed by atoms with Crippen LogP contribution in [0.4, 0.5) is 5.69 Å². The van der Waals surface area contributed by atoms with Crippen LogP contribution in [0.3, 0.4) is 0 Å². The number of hydrogen-bond donors (Lipinski definition) is 0. The van der Waals surface area contributed by atoms with Gasteiger partial charge in [-0.2, -0.15) is 5.10 Å². The van der Waals surface area contributed by atoms with Crippen LogP contribution >= 0.6 is 0 Å². The summed E-state index contributed by atoms with van der Waals surface area (Å²) in [5.41, 5.74) is 2.13. The molecule has 0 atom stereocenters. The van der Waals surface area contributed by atoms with Gasteiger partial charge in [0.1, 0.15) is 0 Å². The van der Waals surface area contributed by atoms with E-state index in [2.05, 4.69) is 5.10 Å². The van der Waals surface area contributed by atoms with Gasteiger partial charge in [-0.1, -0.05) is 54.6 Å².